The van der Waals surface area contributed by atoms with Crippen LogP contribution in [0.5, 0.6) is 0 Å². The van der Waals surface area contributed by atoms with Crippen molar-refractivity contribution in [3.8, 4) is 0 Å². The van der Waals surface area contributed by atoms with Crippen LogP contribution in [0.3, 0.4) is 0 Å². The Hall–Kier alpha value is -0.875. The first kappa shape index (κ1) is 10.2. The minimum atomic E-state index is -3.67. The SMILES string of the molecule is FB(F)F.O=C(O)O. The van der Waals surface area contributed by atoms with Crippen LogP contribution in [0.4, 0.5) is 17.7 Å². The predicted molar refractivity (Wildman–Crippen MR) is 19.7 cm³/mol. The molecule has 0 atom stereocenters. The zero-order valence-corrected chi connectivity index (χ0v) is 3.51. The quantitative estimate of drug-likeness (QED) is 0.482. The third-order valence-electron chi connectivity index (χ3n) is 0. The first-order valence-electron chi connectivity index (χ1n) is 1.31. The van der Waals surface area contributed by atoms with Gasteiger partial charge in [0.1, 0.15) is 0 Å². The van der Waals surface area contributed by atoms with Crippen LogP contribution in [0.25, 0.3) is 0 Å². The van der Waals surface area contributed by atoms with Crippen LogP contribution in [0.2, 0.25) is 0 Å². The Kier molecular flexibility index (Phi) is 7.79. The molecule has 0 aromatic heterocycles. The van der Waals surface area contributed by atoms with Crippen molar-refractivity contribution in [1.29, 1.82) is 0 Å². The first-order chi connectivity index (χ1) is 3.46. The van der Waals surface area contributed by atoms with Gasteiger partial charge in [-0.1, -0.05) is 0 Å². The maximum atomic E-state index is 9.67. The summed E-state index contributed by atoms with van der Waals surface area (Å²) in [5.74, 6) is 0. The molecule has 0 aliphatic rings. The molecule has 0 amide bonds. The number of halogens is 3. The van der Waals surface area contributed by atoms with Crippen LogP contribution in [-0.4, -0.2) is 23.9 Å². The molecule has 0 aromatic rings. The van der Waals surface area contributed by atoms with Crippen molar-refractivity contribution in [2.45, 2.75) is 0 Å². The molecule has 0 aliphatic heterocycles. The zero-order valence-electron chi connectivity index (χ0n) is 3.51. The Morgan fingerprint density at radius 2 is 1.25 bits per heavy atom. The second-order valence-electron chi connectivity index (χ2n) is 0.530. The highest BCUT2D eigenvalue weighted by atomic mass is 19.4. The van der Waals surface area contributed by atoms with E-state index in [9.17, 15) is 12.9 Å². The molecular weight excluding hydrogens is 128 g/mol. The fraction of sp³-hybridized carbons (Fsp3) is 0. The molecule has 0 radical (unpaired) electrons. The molecular formula is CH2BF3O3. The van der Waals surface area contributed by atoms with E-state index in [0.29, 0.717) is 0 Å². The lowest BCUT2D eigenvalue weighted by Crippen LogP contribution is -1.81. The minimum absolute atomic E-state index is 1.83. The lowest BCUT2D eigenvalue weighted by atomic mass is 10.5. The third kappa shape index (κ3) is 114. The molecule has 0 saturated heterocycles. The van der Waals surface area contributed by atoms with E-state index in [1.807, 2.05) is 0 Å². The van der Waals surface area contributed by atoms with Crippen molar-refractivity contribution in [2.75, 3.05) is 0 Å². The average Bonchev–Trinajstić information content (AvgIpc) is 1.25. The van der Waals surface area contributed by atoms with Gasteiger partial charge in [0.05, 0.1) is 0 Å². The molecule has 0 saturated carbocycles. The van der Waals surface area contributed by atoms with Gasteiger partial charge in [0.2, 0.25) is 0 Å². The molecule has 0 bridgehead atoms. The molecule has 0 aromatic carbocycles. The molecule has 0 fully saturated rings. The molecule has 3 nitrogen and oxygen atoms in total. The van der Waals surface area contributed by atoms with E-state index in [2.05, 4.69) is 0 Å². The van der Waals surface area contributed by atoms with Gasteiger partial charge in [0.25, 0.3) is 0 Å². The van der Waals surface area contributed by atoms with E-state index in [1.54, 1.807) is 0 Å². The van der Waals surface area contributed by atoms with Crippen molar-refractivity contribution < 1.29 is 28.0 Å². The standard InChI is InChI=1S/CH2O3.BF3/c2*2-1(3)4/h(H2,2,3,4);. The van der Waals surface area contributed by atoms with Gasteiger partial charge in [0.15, 0.2) is 0 Å². The van der Waals surface area contributed by atoms with E-state index >= 15 is 0 Å². The highest BCUT2D eigenvalue weighted by molar-refractivity contribution is 6.33. The monoisotopic (exact) mass is 130 g/mol. The largest absolute Gasteiger partial charge is 0.762 e. The Balaban J connectivity index is 0. The van der Waals surface area contributed by atoms with Crippen LogP contribution in [-0.2, 0) is 0 Å². The second kappa shape index (κ2) is 6.12. The highest BCUT2D eigenvalue weighted by Gasteiger charge is 2.06. The predicted octanol–water partition coefficient (Wildman–Crippen LogP) is 1.10. The lowest BCUT2D eigenvalue weighted by Gasteiger charge is -1.60. The van der Waals surface area contributed by atoms with Crippen LogP contribution in [0, 0.1) is 0 Å². The van der Waals surface area contributed by atoms with Crippen molar-refractivity contribution in [3.05, 3.63) is 0 Å². The van der Waals surface area contributed by atoms with Crippen molar-refractivity contribution in [2.24, 2.45) is 0 Å². The zero-order chi connectivity index (χ0) is 7.15. The van der Waals surface area contributed by atoms with Crippen LogP contribution >= 0.6 is 0 Å². The summed E-state index contributed by atoms with van der Waals surface area (Å²) in [4.78, 5) is 8.56. The van der Waals surface area contributed by atoms with E-state index in [4.69, 9.17) is 15.0 Å². The van der Waals surface area contributed by atoms with Gasteiger partial charge in [-0.05, 0) is 0 Å². The smallest absolute Gasteiger partial charge is 0.450 e. The summed E-state index contributed by atoms with van der Waals surface area (Å²) in [5, 5.41) is 13.9. The summed E-state index contributed by atoms with van der Waals surface area (Å²) < 4.78 is 29.0. The highest BCUT2D eigenvalue weighted by Crippen LogP contribution is 1.80. The number of carboxylic acid groups (broad SMARTS) is 2. The topological polar surface area (TPSA) is 57.5 Å². The summed E-state index contributed by atoms with van der Waals surface area (Å²) >= 11 is 0. The van der Waals surface area contributed by atoms with E-state index in [0.717, 1.165) is 0 Å². The van der Waals surface area contributed by atoms with Crippen LogP contribution in [0.1, 0.15) is 0 Å². The molecule has 0 unspecified atom stereocenters. The van der Waals surface area contributed by atoms with Crippen LogP contribution in [0.15, 0.2) is 0 Å². The summed E-state index contributed by atoms with van der Waals surface area (Å²) in [6.45, 7) is 0. The molecule has 7 heteroatoms. The number of carbonyl (C=O) groups is 1. The molecule has 8 heavy (non-hydrogen) atoms. The molecule has 0 heterocycles. The first-order valence-corrected chi connectivity index (χ1v) is 1.31. The molecule has 0 rings (SSSR count). The van der Waals surface area contributed by atoms with E-state index < -0.39 is 13.7 Å². The summed E-state index contributed by atoms with van der Waals surface area (Å²) in [6.07, 6.45) is -1.83. The summed E-state index contributed by atoms with van der Waals surface area (Å²) in [5.41, 5.74) is 0. The van der Waals surface area contributed by atoms with Crippen molar-refractivity contribution >= 4 is 13.7 Å². The van der Waals surface area contributed by atoms with Crippen molar-refractivity contribution in [1.82, 2.24) is 0 Å². The minimum Gasteiger partial charge on any atom is -0.450 e. The Labute approximate surface area is 43.0 Å². The average molecular weight is 130 g/mol. The number of hydrogen-bond acceptors (Lipinski definition) is 1. The van der Waals surface area contributed by atoms with Gasteiger partial charge in [0, 0.05) is 0 Å². The van der Waals surface area contributed by atoms with Gasteiger partial charge in [-0.3, -0.25) is 12.9 Å². The van der Waals surface area contributed by atoms with Gasteiger partial charge in [-0.2, -0.15) is 0 Å². The van der Waals surface area contributed by atoms with Gasteiger partial charge in [-0.15, -0.1) is 0 Å². The van der Waals surface area contributed by atoms with Gasteiger partial charge >= 0.3 is 13.7 Å². The Morgan fingerprint density at radius 1 is 1.25 bits per heavy atom. The normalized spacial score (nSPS) is 6.38. The number of hydrogen-bond donors (Lipinski definition) is 2. The summed E-state index contributed by atoms with van der Waals surface area (Å²) in [7, 11) is -3.67. The fourth-order valence-corrected chi connectivity index (χ4v) is 0. The Morgan fingerprint density at radius 3 is 1.25 bits per heavy atom. The second-order valence-corrected chi connectivity index (χ2v) is 0.530. The molecule has 48 valence electrons. The van der Waals surface area contributed by atoms with Gasteiger partial charge < -0.3 is 10.2 Å². The van der Waals surface area contributed by atoms with E-state index in [-0.39, 0.29) is 0 Å². The van der Waals surface area contributed by atoms with E-state index in [1.165, 1.54) is 0 Å². The Bertz CT molecular complexity index is 58.8. The molecule has 0 spiro atoms. The van der Waals surface area contributed by atoms with Crippen LogP contribution < -0.4 is 0 Å². The summed E-state index contributed by atoms with van der Waals surface area (Å²) in [6, 6.07) is 0. The number of rotatable bonds is 0. The molecule has 0 aliphatic carbocycles. The third-order valence-corrected chi connectivity index (χ3v) is 0. The van der Waals surface area contributed by atoms with Gasteiger partial charge in [-0.25, -0.2) is 4.79 Å². The van der Waals surface area contributed by atoms with Crippen molar-refractivity contribution in [3.63, 3.8) is 0 Å². The lowest BCUT2D eigenvalue weighted by molar-refractivity contribution is 0.137. The molecule has 2 N–H and O–H groups in total. The maximum absolute atomic E-state index is 9.67. The maximum Gasteiger partial charge on any atom is 0.762 e. The fourth-order valence-electron chi connectivity index (χ4n) is 0.